The first-order valence-corrected chi connectivity index (χ1v) is 9.68. The quantitative estimate of drug-likeness (QED) is 0.270. The minimum Gasteiger partial charge on any atom is -0.493 e. The van der Waals surface area contributed by atoms with Crippen molar-refractivity contribution in [1.29, 1.82) is 0 Å². The molecule has 0 saturated heterocycles. The first kappa shape index (κ1) is 26.7. The molecule has 2 atom stereocenters. The van der Waals surface area contributed by atoms with Crippen molar-refractivity contribution in [2.45, 2.75) is 25.0 Å². The molecule has 0 saturated carbocycles. The molecule has 5 N–H and O–H groups in total. The van der Waals surface area contributed by atoms with Gasteiger partial charge in [0.1, 0.15) is 11.5 Å². The van der Waals surface area contributed by atoms with Gasteiger partial charge < -0.3 is 30.5 Å². The molecule has 2 aromatic carbocycles. The molecular formula is C20H27N3O9. The number of nitro benzene ring substituents is 2. The van der Waals surface area contributed by atoms with Gasteiger partial charge in [-0.1, -0.05) is 0 Å². The van der Waals surface area contributed by atoms with Crippen molar-refractivity contribution in [1.82, 2.24) is 0 Å². The zero-order valence-electron chi connectivity index (χ0n) is 17.3. The summed E-state index contributed by atoms with van der Waals surface area (Å²) in [6.45, 7) is 0.475. The van der Waals surface area contributed by atoms with Crippen LogP contribution in [-0.4, -0.2) is 63.7 Å². The van der Waals surface area contributed by atoms with Crippen LogP contribution in [0.3, 0.4) is 0 Å². The number of benzene rings is 2. The predicted octanol–water partition coefficient (Wildman–Crippen LogP) is 1.40. The second-order valence-electron chi connectivity index (χ2n) is 6.50. The fraction of sp³-hybridized carbons (Fsp3) is 0.400. The van der Waals surface area contributed by atoms with Gasteiger partial charge >= 0.3 is 0 Å². The molecule has 12 nitrogen and oxygen atoms in total. The molecule has 0 aliphatic rings. The Balaban J connectivity index is 0.000000320. The van der Waals surface area contributed by atoms with Crippen LogP contribution in [0.4, 0.5) is 11.4 Å². The zero-order valence-corrected chi connectivity index (χ0v) is 17.3. The smallest absolute Gasteiger partial charge is 0.269 e. The maximum absolute atomic E-state index is 10.4. The Morgan fingerprint density at radius 3 is 1.47 bits per heavy atom. The summed E-state index contributed by atoms with van der Waals surface area (Å²) in [5.41, 5.74) is 5.25. The first-order valence-electron chi connectivity index (χ1n) is 9.68. The third kappa shape index (κ3) is 10.6. The van der Waals surface area contributed by atoms with Gasteiger partial charge in [-0.3, -0.25) is 20.2 Å². The highest BCUT2D eigenvalue weighted by molar-refractivity contribution is 5.36. The Morgan fingerprint density at radius 1 is 0.781 bits per heavy atom. The molecular weight excluding hydrogens is 426 g/mol. The SMILES string of the molecule is NCC(O)CCOc1ccc([N+](=O)[O-])cc1.O=[N+]([O-])c1ccc(OCCC(O)CO)cc1. The van der Waals surface area contributed by atoms with Crippen molar-refractivity contribution >= 4 is 11.4 Å². The maximum Gasteiger partial charge on any atom is 0.269 e. The number of ether oxygens (including phenoxy) is 2. The maximum atomic E-state index is 10.4. The van der Waals surface area contributed by atoms with E-state index in [1.807, 2.05) is 0 Å². The van der Waals surface area contributed by atoms with E-state index in [0.29, 0.717) is 30.9 Å². The van der Waals surface area contributed by atoms with E-state index in [2.05, 4.69) is 0 Å². The van der Waals surface area contributed by atoms with Crippen LogP contribution in [0.15, 0.2) is 48.5 Å². The number of non-ortho nitro benzene ring substituents is 2. The monoisotopic (exact) mass is 453 g/mol. The largest absolute Gasteiger partial charge is 0.493 e. The lowest BCUT2D eigenvalue weighted by Gasteiger charge is -2.08. The molecule has 2 aromatic rings. The van der Waals surface area contributed by atoms with Gasteiger partial charge in [-0.05, 0) is 24.3 Å². The van der Waals surface area contributed by atoms with Gasteiger partial charge in [-0.25, -0.2) is 0 Å². The summed E-state index contributed by atoms with van der Waals surface area (Å²) in [5.74, 6) is 1.03. The molecule has 32 heavy (non-hydrogen) atoms. The van der Waals surface area contributed by atoms with Crippen LogP contribution >= 0.6 is 0 Å². The van der Waals surface area contributed by atoms with Gasteiger partial charge in [-0.15, -0.1) is 0 Å². The van der Waals surface area contributed by atoms with Crippen molar-refractivity contribution in [3.63, 3.8) is 0 Å². The molecule has 0 aliphatic carbocycles. The number of nitrogens with two attached hydrogens (primary N) is 1. The van der Waals surface area contributed by atoms with Crippen molar-refractivity contribution < 1.29 is 34.6 Å². The summed E-state index contributed by atoms with van der Waals surface area (Å²) < 4.78 is 10.5. The second kappa shape index (κ2) is 14.6. The van der Waals surface area contributed by atoms with Crippen LogP contribution in [0, 0.1) is 20.2 Å². The van der Waals surface area contributed by atoms with E-state index in [0.717, 1.165) is 0 Å². The molecule has 2 unspecified atom stereocenters. The van der Waals surface area contributed by atoms with E-state index < -0.39 is 22.1 Å². The summed E-state index contributed by atoms with van der Waals surface area (Å²) >= 11 is 0. The number of hydrogen-bond donors (Lipinski definition) is 4. The highest BCUT2D eigenvalue weighted by Gasteiger charge is 2.06. The van der Waals surface area contributed by atoms with Crippen LogP contribution in [0.2, 0.25) is 0 Å². The highest BCUT2D eigenvalue weighted by Crippen LogP contribution is 2.18. The average Bonchev–Trinajstić information content (AvgIpc) is 2.79. The molecule has 0 spiro atoms. The molecule has 0 fully saturated rings. The summed E-state index contributed by atoms with van der Waals surface area (Å²) in [4.78, 5) is 19.8. The third-order valence-electron chi connectivity index (χ3n) is 4.02. The first-order chi connectivity index (χ1) is 15.3. The molecule has 0 aliphatic heterocycles. The minimum absolute atomic E-state index is 0.00254. The predicted molar refractivity (Wildman–Crippen MR) is 115 cm³/mol. The average molecular weight is 453 g/mol. The number of aliphatic hydroxyl groups is 3. The van der Waals surface area contributed by atoms with Crippen LogP contribution in [-0.2, 0) is 0 Å². The number of rotatable bonds is 12. The van der Waals surface area contributed by atoms with E-state index in [-0.39, 0.29) is 31.1 Å². The fourth-order valence-electron chi connectivity index (χ4n) is 2.16. The topological polar surface area (TPSA) is 191 Å². The van der Waals surface area contributed by atoms with Crippen molar-refractivity contribution in [3.8, 4) is 11.5 Å². The number of hydrogen-bond acceptors (Lipinski definition) is 10. The summed E-state index contributed by atoms with van der Waals surface area (Å²) in [6.07, 6.45) is -0.614. The van der Waals surface area contributed by atoms with E-state index in [4.69, 9.17) is 30.5 Å². The Morgan fingerprint density at radius 2 is 1.16 bits per heavy atom. The lowest BCUT2D eigenvalue weighted by Crippen LogP contribution is -2.21. The van der Waals surface area contributed by atoms with E-state index in [1.165, 1.54) is 48.5 Å². The standard InChI is InChI=1S/C10H14N2O4.C10H13NO5/c11-7-9(13)5-6-16-10-3-1-8(2-4-10)12(14)15;12-7-9(13)5-6-16-10-3-1-8(2-4-10)11(14)15/h1-4,9,13H,5-7,11H2;1-4,9,12-13H,5-7H2. The van der Waals surface area contributed by atoms with Crippen molar-refractivity contribution in [2.75, 3.05) is 26.4 Å². The fourth-order valence-corrected chi connectivity index (χ4v) is 2.16. The van der Waals surface area contributed by atoms with Crippen LogP contribution in [0.1, 0.15) is 12.8 Å². The van der Waals surface area contributed by atoms with Crippen LogP contribution in [0.5, 0.6) is 11.5 Å². The van der Waals surface area contributed by atoms with Crippen LogP contribution in [0.25, 0.3) is 0 Å². The van der Waals surface area contributed by atoms with E-state index >= 15 is 0 Å². The van der Waals surface area contributed by atoms with Gasteiger partial charge in [0.15, 0.2) is 0 Å². The summed E-state index contributed by atoms with van der Waals surface area (Å²) in [7, 11) is 0. The molecule has 2 rings (SSSR count). The number of nitro groups is 2. The molecule has 0 radical (unpaired) electrons. The summed E-state index contributed by atoms with van der Waals surface area (Å²) in [6, 6.07) is 11.5. The molecule has 0 heterocycles. The summed E-state index contributed by atoms with van der Waals surface area (Å²) in [5, 5.41) is 47.5. The Hall–Kier alpha value is -3.32. The molecule has 0 aromatic heterocycles. The van der Waals surface area contributed by atoms with Gasteiger partial charge in [-0.2, -0.15) is 0 Å². The lowest BCUT2D eigenvalue weighted by molar-refractivity contribution is -0.385. The van der Waals surface area contributed by atoms with Crippen LogP contribution < -0.4 is 15.2 Å². The minimum atomic E-state index is -0.793. The lowest BCUT2D eigenvalue weighted by atomic mass is 10.2. The molecule has 176 valence electrons. The van der Waals surface area contributed by atoms with Gasteiger partial charge in [0.25, 0.3) is 11.4 Å². The molecule has 12 heteroatoms. The van der Waals surface area contributed by atoms with Crippen molar-refractivity contribution in [2.24, 2.45) is 5.73 Å². The Labute approximate surface area is 184 Å². The van der Waals surface area contributed by atoms with Gasteiger partial charge in [0, 0.05) is 43.7 Å². The Kier molecular flexibility index (Phi) is 12.2. The second-order valence-corrected chi connectivity index (χ2v) is 6.50. The van der Waals surface area contributed by atoms with E-state index in [9.17, 15) is 20.2 Å². The van der Waals surface area contributed by atoms with E-state index in [1.54, 1.807) is 0 Å². The van der Waals surface area contributed by atoms with Gasteiger partial charge in [0.05, 0.1) is 41.9 Å². The molecule has 0 amide bonds. The zero-order chi connectivity index (χ0) is 23.9. The highest BCUT2D eigenvalue weighted by atomic mass is 16.6. The van der Waals surface area contributed by atoms with Crippen molar-refractivity contribution in [3.05, 3.63) is 68.8 Å². The van der Waals surface area contributed by atoms with Gasteiger partial charge in [0.2, 0.25) is 0 Å². The normalized spacial score (nSPS) is 12.1. The molecule has 0 bridgehead atoms. The Bertz CT molecular complexity index is 747. The number of aliphatic hydroxyl groups excluding tert-OH is 3. The number of nitrogens with zero attached hydrogens (tertiary/aromatic N) is 2. The third-order valence-corrected chi connectivity index (χ3v) is 4.02.